The molecule has 0 saturated heterocycles. The molecule has 0 bridgehead atoms. The highest BCUT2D eigenvalue weighted by Crippen LogP contribution is 2.26. The van der Waals surface area contributed by atoms with E-state index >= 15 is 0 Å². The average molecular weight is 365 g/mol. The summed E-state index contributed by atoms with van der Waals surface area (Å²) < 4.78 is 1.02. The summed E-state index contributed by atoms with van der Waals surface area (Å²) in [5, 5.41) is 5.35. The molecule has 0 atom stereocenters. The van der Waals surface area contributed by atoms with Crippen LogP contribution in [-0.2, 0) is 17.8 Å². The fourth-order valence-electron chi connectivity index (χ4n) is 2.53. The molecule has 1 aromatic heterocycles. The number of hydrogen-bond donors (Lipinski definition) is 1. The zero-order valence-corrected chi connectivity index (χ0v) is 14.3. The van der Waals surface area contributed by atoms with Crippen LogP contribution in [0.15, 0.2) is 34.1 Å². The van der Waals surface area contributed by atoms with E-state index in [4.69, 9.17) is 0 Å². The molecule has 110 valence electrons. The van der Waals surface area contributed by atoms with Gasteiger partial charge in [-0.1, -0.05) is 12.1 Å². The second-order valence-corrected chi connectivity index (χ2v) is 7.02. The van der Waals surface area contributed by atoms with Crippen molar-refractivity contribution in [3.63, 3.8) is 0 Å². The van der Waals surface area contributed by atoms with E-state index in [0.717, 1.165) is 35.2 Å². The molecule has 0 aliphatic carbocycles. The average Bonchev–Trinajstić information content (AvgIpc) is 2.96. The molecule has 3 nitrogen and oxygen atoms in total. The van der Waals surface area contributed by atoms with E-state index in [-0.39, 0.29) is 5.91 Å². The van der Waals surface area contributed by atoms with Crippen LogP contribution in [0.3, 0.4) is 0 Å². The van der Waals surface area contributed by atoms with Crippen molar-refractivity contribution < 1.29 is 4.79 Å². The van der Waals surface area contributed by atoms with Gasteiger partial charge in [-0.3, -0.25) is 4.79 Å². The van der Waals surface area contributed by atoms with Crippen molar-refractivity contribution in [3.8, 4) is 0 Å². The minimum absolute atomic E-state index is 0.153. The highest BCUT2D eigenvalue weighted by atomic mass is 79.9. The van der Waals surface area contributed by atoms with Crippen LogP contribution in [-0.4, -0.2) is 23.9 Å². The number of carbonyl (C=O) groups excluding carboxylic acids is 1. The molecule has 1 aliphatic heterocycles. The highest BCUT2D eigenvalue weighted by Gasteiger charge is 2.21. The van der Waals surface area contributed by atoms with E-state index in [1.807, 2.05) is 30.0 Å². The van der Waals surface area contributed by atoms with Crippen LogP contribution < -0.4 is 5.32 Å². The zero-order valence-electron chi connectivity index (χ0n) is 11.9. The first-order chi connectivity index (χ1) is 10.1. The van der Waals surface area contributed by atoms with Gasteiger partial charge in [-0.2, -0.15) is 0 Å². The number of anilines is 1. The van der Waals surface area contributed by atoms with Crippen LogP contribution in [0.2, 0.25) is 0 Å². The number of aryl methyl sites for hydroxylation is 1. The second kappa shape index (κ2) is 6.20. The maximum Gasteiger partial charge on any atom is 0.242 e. The fourth-order valence-corrected chi connectivity index (χ4v) is 3.82. The Balaban J connectivity index is 1.61. The number of thiophene rings is 1. The van der Waals surface area contributed by atoms with Crippen molar-refractivity contribution in [3.05, 3.63) is 50.1 Å². The van der Waals surface area contributed by atoms with Crippen molar-refractivity contribution >= 4 is 38.9 Å². The topological polar surface area (TPSA) is 32.3 Å². The van der Waals surface area contributed by atoms with Gasteiger partial charge in [0.05, 0.1) is 6.54 Å². The van der Waals surface area contributed by atoms with Crippen molar-refractivity contribution in [2.24, 2.45) is 0 Å². The predicted molar refractivity (Wildman–Crippen MR) is 90.8 cm³/mol. The van der Waals surface area contributed by atoms with E-state index < -0.39 is 0 Å². The molecule has 21 heavy (non-hydrogen) atoms. The Kier molecular flexibility index (Phi) is 4.31. The molecule has 0 saturated carbocycles. The number of nitrogens with zero attached hydrogens (tertiary/aromatic N) is 1. The first-order valence-electron chi connectivity index (χ1n) is 6.97. The van der Waals surface area contributed by atoms with Gasteiger partial charge in [-0.05, 0) is 57.9 Å². The summed E-state index contributed by atoms with van der Waals surface area (Å²) in [6.45, 7) is 3.94. The number of fused-ring (bicyclic) bond motifs is 1. The van der Waals surface area contributed by atoms with E-state index in [1.54, 1.807) is 11.3 Å². The van der Waals surface area contributed by atoms with Crippen LogP contribution >= 0.6 is 27.3 Å². The van der Waals surface area contributed by atoms with Gasteiger partial charge in [0.1, 0.15) is 0 Å². The molecule has 1 aliphatic rings. The molecular formula is C16H17BrN2OS. The van der Waals surface area contributed by atoms with E-state index in [9.17, 15) is 4.79 Å². The standard InChI is InChI=1S/C16H17BrN2OS/c1-11-3-2-4-13(16(11)17)18-9-15(20)19-7-5-14-12(10-19)6-8-21-14/h2-4,6,8,18H,5,7,9-10H2,1H3. The number of carbonyl (C=O) groups is 1. The first kappa shape index (κ1) is 14.6. The van der Waals surface area contributed by atoms with Gasteiger partial charge in [0.25, 0.3) is 0 Å². The normalized spacial score (nSPS) is 13.9. The van der Waals surface area contributed by atoms with Gasteiger partial charge in [0, 0.05) is 28.1 Å². The molecule has 0 radical (unpaired) electrons. The molecular weight excluding hydrogens is 348 g/mol. The van der Waals surface area contributed by atoms with Crippen LogP contribution in [0.25, 0.3) is 0 Å². The lowest BCUT2D eigenvalue weighted by molar-refractivity contribution is -0.130. The van der Waals surface area contributed by atoms with Crippen molar-refractivity contribution in [2.45, 2.75) is 19.9 Å². The van der Waals surface area contributed by atoms with Gasteiger partial charge in [-0.25, -0.2) is 0 Å². The highest BCUT2D eigenvalue weighted by molar-refractivity contribution is 9.10. The summed E-state index contributed by atoms with van der Waals surface area (Å²) in [5.41, 5.74) is 3.43. The SMILES string of the molecule is Cc1cccc(NCC(=O)N2CCc3sccc3C2)c1Br. The van der Waals surface area contributed by atoms with Gasteiger partial charge >= 0.3 is 0 Å². The zero-order chi connectivity index (χ0) is 14.8. The van der Waals surface area contributed by atoms with E-state index in [2.05, 4.69) is 32.7 Å². The number of benzene rings is 1. The van der Waals surface area contributed by atoms with Gasteiger partial charge in [0.15, 0.2) is 0 Å². The summed E-state index contributed by atoms with van der Waals surface area (Å²) in [7, 11) is 0. The monoisotopic (exact) mass is 364 g/mol. The molecule has 2 aromatic rings. The summed E-state index contributed by atoms with van der Waals surface area (Å²) in [5.74, 6) is 0.153. The Hall–Kier alpha value is -1.33. The minimum atomic E-state index is 0.153. The summed E-state index contributed by atoms with van der Waals surface area (Å²) >= 11 is 5.35. The third-order valence-corrected chi connectivity index (χ3v) is 5.86. The molecule has 0 unspecified atom stereocenters. The Morgan fingerprint density at radius 3 is 3.14 bits per heavy atom. The van der Waals surface area contributed by atoms with Crippen LogP contribution in [0.1, 0.15) is 16.0 Å². The Morgan fingerprint density at radius 2 is 2.29 bits per heavy atom. The maximum absolute atomic E-state index is 12.4. The smallest absolute Gasteiger partial charge is 0.242 e. The first-order valence-corrected chi connectivity index (χ1v) is 8.64. The summed E-state index contributed by atoms with van der Waals surface area (Å²) in [6.07, 6.45) is 0.979. The largest absolute Gasteiger partial charge is 0.375 e. The summed E-state index contributed by atoms with van der Waals surface area (Å²) in [4.78, 5) is 15.7. The maximum atomic E-state index is 12.4. The van der Waals surface area contributed by atoms with Crippen LogP contribution in [0.5, 0.6) is 0 Å². The number of rotatable bonds is 3. The van der Waals surface area contributed by atoms with Gasteiger partial charge < -0.3 is 10.2 Å². The lowest BCUT2D eigenvalue weighted by Crippen LogP contribution is -2.38. The lowest BCUT2D eigenvalue weighted by Gasteiger charge is -2.27. The van der Waals surface area contributed by atoms with Crippen molar-refractivity contribution in [1.82, 2.24) is 4.90 Å². The molecule has 1 N–H and O–H groups in total. The molecule has 2 heterocycles. The fraction of sp³-hybridized carbons (Fsp3) is 0.312. The Bertz CT molecular complexity index is 668. The molecule has 1 amide bonds. The molecule has 0 spiro atoms. The summed E-state index contributed by atoms with van der Waals surface area (Å²) in [6, 6.07) is 8.15. The van der Waals surface area contributed by atoms with Gasteiger partial charge in [0.2, 0.25) is 5.91 Å². The number of halogens is 1. The molecule has 3 rings (SSSR count). The second-order valence-electron chi connectivity index (χ2n) is 5.22. The van der Waals surface area contributed by atoms with Crippen molar-refractivity contribution in [2.75, 3.05) is 18.4 Å². The van der Waals surface area contributed by atoms with Crippen molar-refractivity contribution in [1.29, 1.82) is 0 Å². The molecule has 1 aromatic carbocycles. The molecule has 0 fully saturated rings. The Labute approximate surface area is 137 Å². The number of hydrogen-bond acceptors (Lipinski definition) is 3. The lowest BCUT2D eigenvalue weighted by atomic mass is 10.1. The van der Waals surface area contributed by atoms with E-state index in [1.165, 1.54) is 10.4 Å². The van der Waals surface area contributed by atoms with Crippen LogP contribution in [0.4, 0.5) is 5.69 Å². The third-order valence-electron chi connectivity index (χ3n) is 3.78. The number of amides is 1. The van der Waals surface area contributed by atoms with E-state index in [0.29, 0.717) is 6.54 Å². The third kappa shape index (κ3) is 3.14. The van der Waals surface area contributed by atoms with Crippen LogP contribution in [0, 0.1) is 6.92 Å². The molecule has 5 heteroatoms. The quantitative estimate of drug-likeness (QED) is 0.897. The number of nitrogens with one attached hydrogen (secondary N) is 1. The minimum Gasteiger partial charge on any atom is -0.375 e. The predicted octanol–water partition coefficient (Wildman–Crippen LogP) is 3.82. The Morgan fingerprint density at radius 1 is 1.43 bits per heavy atom. The van der Waals surface area contributed by atoms with Gasteiger partial charge in [-0.15, -0.1) is 11.3 Å².